The van der Waals surface area contributed by atoms with Gasteiger partial charge in [-0.2, -0.15) is 11.8 Å². The van der Waals surface area contributed by atoms with Crippen LogP contribution in [0.15, 0.2) is 24.3 Å². The molecule has 2 nitrogen and oxygen atoms in total. The summed E-state index contributed by atoms with van der Waals surface area (Å²) in [4.78, 5) is 2.58. The molecule has 1 N–H and O–H groups in total. The van der Waals surface area contributed by atoms with Crippen molar-refractivity contribution >= 4 is 11.8 Å². The third-order valence-electron chi connectivity index (χ3n) is 3.72. The minimum atomic E-state index is 0.577. The van der Waals surface area contributed by atoms with Crippen LogP contribution in [0.2, 0.25) is 0 Å². The van der Waals surface area contributed by atoms with Crippen LogP contribution in [0, 0.1) is 0 Å². The number of nitrogens with zero attached hydrogens (tertiary/aromatic N) is 1. The van der Waals surface area contributed by atoms with Crippen molar-refractivity contribution in [1.82, 2.24) is 10.2 Å². The first kappa shape index (κ1) is 15.9. The quantitative estimate of drug-likeness (QED) is 0.867. The van der Waals surface area contributed by atoms with Gasteiger partial charge in [-0.3, -0.25) is 4.90 Å². The van der Waals surface area contributed by atoms with E-state index in [4.69, 9.17) is 0 Å². The molecule has 0 saturated carbocycles. The van der Waals surface area contributed by atoms with Crippen LogP contribution < -0.4 is 5.32 Å². The molecule has 0 bridgehead atoms. The summed E-state index contributed by atoms with van der Waals surface area (Å²) >= 11 is 2.10. The molecule has 20 heavy (non-hydrogen) atoms. The molecule has 1 aromatic rings. The van der Waals surface area contributed by atoms with Crippen molar-refractivity contribution in [3.05, 3.63) is 35.4 Å². The molecular weight excluding hydrogens is 264 g/mol. The molecule has 1 atom stereocenters. The van der Waals surface area contributed by atoms with Gasteiger partial charge in [0.25, 0.3) is 0 Å². The monoisotopic (exact) mass is 292 g/mol. The van der Waals surface area contributed by atoms with Gasteiger partial charge in [-0.05, 0) is 24.1 Å². The highest BCUT2D eigenvalue weighted by Crippen LogP contribution is 2.19. The van der Waals surface area contributed by atoms with Crippen molar-refractivity contribution in [2.24, 2.45) is 0 Å². The Morgan fingerprint density at radius 2 is 1.95 bits per heavy atom. The molecule has 1 unspecified atom stereocenters. The van der Waals surface area contributed by atoms with Crippen molar-refractivity contribution in [2.75, 3.05) is 25.4 Å². The van der Waals surface area contributed by atoms with Crippen molar-refractivity contribution in [3.8, 4) is 0 Å². The van der Waals surface area contributed by atoms with Gasteiger partial charge >= 0.3 is 0 Å². The molecule has 0 aromatic heterocycles. The zero-order valence-electron chi connectivity index (χ0n) is 13.1. The number of hydrogen-bond donors (Lipinski definition) is 1. The van der Waals surface area contributed by atoms with Gasteiger partial charge in [0.15, 0.2) is 0 Å². The molecule has 0 amide bonds. The molecule has 2 rings (SSSR count). The van der Waals surface area contributed by atoms with E-state index < -0.39 is 0 Å². The largest absolute Gasteiger partial charge is 0.314 e. The first-order chi connectivity index (χ1) is 9.63. The van der Waals surface area contributed by atoms with Crippen LogP contribution in [-0.4, -0.2) is 41.6 Å². The normalized spacial score (nSPS) is 20.5. The van der Waals surface area contributed by atoms with Gasteiger partial charge in [0.05, 0.1) is 0 Å². The fourth-order valence-electron chi connectivity index (χ4n) is 2.61. The van der Waals surface area contributed by atoms with E-state index in [-0.39, 0.29) is 0 Å². The molecule has 0 radical (unpaired) electrons. The van der Waals surface area contributed by atoms with Crippen LogP contribution in [-0.2, 0) is 13.0 Å². The molecule has 1 saturated heterocycles. The van der Waals surface area contributed by atoms with E-state index in [0.29, 0.717) is 6.04 Å². The molecule has 112 valence electrons. The predicted octanol–water partition coefficient (Wildman–Crippen LogP) is 3.16. The number of rotatable bonds is 6. The summed E-state index contributed by atoms with van der Waals surface area (Å²) in [7, 11) is 0. The maximum atomic E-state index is 3.47. The lowest BCUT2D eigenvalue weighted by Gasteiger charge is -2.30. The Kier molecular flexibility index (Phi) is 6.40. The Bertz CT molecular complexity index is 388. The summed E-state index contributed by atoms with van der Waals surface area (Å²) in [6, 6.07) is 9.76. The van der Waals surface area contributed by atoms with Crippen molar-refractivity contribution in [3.63, 3.8) is 0 Å². The highest BCUT2D eigenvalue weighted by molar-refractivity contribution is 7.99. The van der Waals surface area contributed by atoms with Crippen LogP contribution in [0.1, 0.15) is 31.9 Å². The SMILES string of the molecule is CC(C)NCCc1ccc(CN2CCSC(C)C2)cc1. The van der Waals surface area contributed by atoms with Crippen molar-refractivity contribution < 1.29 is 0 Å². The average Bonchev–Trinajstić information content (AvgIpc) is 2.40. The van der Waals surface area contributed by atoms with E-state index in [0.717, 1.165) is 24.8 Å². The zero-order valence-corrected chi connectivity index (χ0v) is 13.9. The zero-order chi connectivity index (χ0) is 14.4. The Morgan fingerprint density at radius 1 is 1.25 bits per heavy atom. The molecule has 3 heteroatoms. The Morgan fingerprint density at radius 3 is 2.60 bits per heavy atom. The summed E-state index contributed by atoms with van der Waals surface area (Å²) in [5.41, 5.74) is 2.88. The van der Waals surface area contributed by atoms with E-state index in [1.165, 1.54) is 30.0 Å². The second-order valence-electron chi connectivity index (χ2n) is 6.09. The van der Waals surface area contributed by atoms with Crippen LogP contribution >= 0.6 is 11.8 Å². The minimum absolute atomic E-state index is 0.577. The smallest absolute Gasteiger partial charge is 0.0234 e. The average molecular weight is 292 g/mol. The van der Waals surface area contributed by atoms with Crippen molar-refractivity contribution in [2.45, 2.75) is 45.0 Å². The lowest BCUT2D eigenvalue weighted by molar-refractivity contribution is 0.278. The molecule has 1 aliphatic heterocycles. The van der Waals surface area contributed by atoms with Crippen LogP contribution in [0.4, 0.5) is 0 Å². The van der Waals surface area contributed by atoms with Crippen LogP contribution in [0.5, 0.6) is 0 Å². The van der Waals surface area contributed by atoms with Gasteiger partial charge in [0, 0.05) is 36.7 Å². The van der Waals surface area contributed by atoms with Crippen LogP contribution in [0.25, 0.3) is 0 Å². The Balaban J connectivity index is 1.79. The van der Waals surface area contributed by atoms with Crippen LogP contribution in [0.3, 0.4) is 0 Å². The van der Waals surface area contributed by atoms with Crippen molar-refractivity contribution in [1.29, 1.82) is 0 Å². The fourth-order valence-corrected chi connectivity index (χ4v) is 3.69. The molecular formula is C17H28N2S. The number of thioether (sulfide) groups is 1. The van der Waals surface area contributed by atoms with Gasteiger partial charge in [-0.1, -0.05) is 45.0 Å². The number of benzene rings is 1. The minimum Gasteiger partial charge on any atom is -0.314 e. The maximum absolute atomic E-state index is 3.47. The van der Waals surface area contributed by atoms with E-state index in [1.807, 2.05) is 0 Å². The van der Waals surface area contributed by atoms with E-state index in [1.54, 1.807) is 0 Å². The standard InChI is InChI=1S/C17H28N2S/c1-14(2)18-9-8-16-4-6-17(7-5-16)13-19-10-11-20-15(3)12-19/h4-7,14-15,18H,8-13H2,1-3H3. The lowest BCUT2D eigenvalue weighted by atomic mass is 10.1. The Hall–Kier alpha value is -0.510. The highest BCUT2D eigenvalue weighted by atomic mass is 32.2. The van der Waals surface area contributed by atoms with Gasteiger partial charge in [0.2, 0.25) is 0 Å². The maximum Gasteiger partial charge on any atom is 0.0234 e. The first-order valence-electron chi connectivity index (χ1n) is 7.78. The van der Waals surface area contributed by atoms with E-state index in [9.17, 15) is 0 Å². The third kappa shape index (κ3) is 5.47. The summed E-state index contributed by atoms with van der Waals surface area (Å²) in [6.45, 7) is 11.4. The molecule has 0 aliphatic carbocycles. The van der Waals surface area contributed by atoms with Gasteiger partial charge < -0.3 is 5.32 Å². The predicted molar refractivity (Wildman–Crippen MR) is 90.5 cm³/mol. The fraction of sp³-hybridized carbons (Fsp3) is 0.647. The van der Waals surface area contributed by atoms with Gasteiger partial charge in [-0.15, -0.1) is 0 Å². The third-order valence-corrected chi connectivity index (χ3v) is 4.86. The first-order valence-corrected chi connectivity index (χ1v) is 8.83. The van der Waals surface area contributed by atoms with Gasteiger partial charge in [-0.25, -0.2) is 0 Å². The molecule has 1 aromatic carbocycles. The highest BCUT2D eigenvalue weighted by Gasteiger charge is 2.16. The van der Waals surface area contributed by atoms with E-state index in [2.05, 4.69) is 67.0 Å². The Labute approximate surface area is 128 Å². The molecule has 1 fully saturated rings. The summed E-state index contributed by atoms with van der Waals surface area (Å²) in [5, 5.41) is 4.25. The number of hydrogen-bond acceptors (Lipinski definition) is 3. The second-order valence-corrected chi connectivity index (χ2v) is 7.64. The van der Waals surface area contributed by atoms with E-state index >= 15 is 0 Å². The topological polar surface area (TPSA) is 15.3 Å². The molecule has 0 spiro atoms. The summed E-state index contributed by atoms with van der Waals surface area (Å²) in [6.07, 6.45) is 1.12. The molecule has 1 heterocycles. The second kappa shape index (κ2) is 8.06. The summed E-state index contributed by atoms with van der Waals surface area (Å²) in [5.74, 6) is 1.28. The number of nitrogens with one attached hydrogen (secondary N) is 1. The molecule has 1 aliphatic rings. The summed E-state index contributed by atoms with van der Waals surface area (Å²) < 4.78 is 0. The lowest BCUT2D eigenvalue weighted by Crippen LogP contribution is -2.35. The van der Waals surface area contributed by atoms with Gasteiger partial charge in [0.1, 0.15) is 0 Å².